The van der Waals surface area contributed by atoms with Gasteiger partial charge in [-0.1, -0.05) is 11.8 Å². The van der Waals surface area contributed by atoms with Gasteiger partial charge in [0.25, 0.3) is 5.91 Å². The Bertz CT molecular complexity index is 711. The minimum Gasteiger partial charge on any atom is -0.348 e. The minimum atomic E-state index is 0.0959. The molecule has 128 valence electrons. The Kier molecular flexibility index (Phi) is 4.68. The number of nitrogens with zero attached hydrogens (tertiary/aromatic N) is 2. The van der Waals surface area contributed by atoms with Crippen LogP contribution in [-0.2, 0) is 0 Å². The van der Waals surface area contributed by atoms with Crippen LogP contribution in [0.1, 0.15) is 60.7 Å². The molecule has 0 unspecified atom stereocenters. The number of amides is 1. The Balaban J connectivity index is 1.28. The fourth-order valence-electron chi connectivity index (χ4n) is 3.37. The van der Waals surface area contributed by atoms with Gasteiger partial charge in [0.15, 0.2) is 0 Å². The molecule has 0 saturated heterocycles. The molecule has 2 aromatic heterocycles. The summed E-state index contributed by atoms with van der Waals surface area (Å²) in [5.74, 6) is 0.0959. The van der Waals surface area contributed by atoms with Crippen LogP contribution in [0.5, 0.6) is 0 Å². The molecule has 2 heterocycles. The average Bonchev–Trinajstić information content (AvgIpc) is 3.15. The van der Waals surface area contributed by atoms with Crippen molar-refractivity contribution in [2.24, 2.45) is 0 Å². The van der Waals surface area contributed by atoms with Gasteiger partial charge in [-0.2, -0.15) is 0 Å². The van der Waals surface area contributed by atoms with E-state index in [1.165, 1.54) is 17.2 Å². The van der Waals surface area contributed by atoms with E-state index in [1.54, 1.807) is 11.3 Å². The minimum absolute atomic E-state index is 0.0959. The zero-order valence-electron chi connectivity index (χ0n) is 13.9. The van der Waals surface area contributed by atoms with Gasteiger partial charge in [0, 0.05) is 34.6 Å². The van der Waals surface area contributed by atoms with E-state index in [0.717, 1.165) is 37.1 Å². The van der Waals surface area contributed by atoms with Crippen LogP contribution in [-0.4, -0.2) is 26.8 Å². The number of nitrogens with one attached hydrogen (secondary N) is 1. The highest BCUT2D eigenvalue weighted by atomic mass is 32.2. The molecule has 0 aromatic carbocycles. The zero-order chi connectivity index (χ0) is 16.5. The predicted molar refractivity (Wildman–Crippen MR) is 98.9 cm³/mol. The Labute approximate surface area is 151 Å². The number of aryl methyl sites for hydroxylation is 1. The van der Waals surface area contributed by atoms with Crippen molar-refractivity contribution >= 4 is 29.0 Å². The van der Waals surface area contributed by atoms with Crippen LogP contribution in [0.4, 0.5) is 0 Å². The second kappa shape index (κ2) is 6.92. The smallest absolute Gasteiger partial charge is 0.268 e. The Hall–Kier alpha value is -1.27. The predicted octanol–water partition coefficient (Wildman–Crippen LogP) is 4.42. The molecule has 0 radical (unpaired) electrons. The van der Waals surface area contributed by atoms with Gasteiger partial charge in [-0.25, -0.2) is 4.98 Å². The summed E-state index contributed by atoms with van der Waals surface area (Å²) in [6.07, 6.45) is 8.88. The van der Waals surface area contributed by atoms with Crippen molar-refractivity contribution in [2.75, 3.05) is 0 Å². The number of thioether (sulfide) groups is 1. The Morgan fingerprint density at radius 1 is 1.29 bits per heavy atom. The van der Waals surface area contributed by atoms with Crippen molar-refractivity contribution in [3.63, 3.8) is 0 Å². The average molecular weight is 362 g/mol. The molecule has 2 aliphatic rings. The summed E-state index contributed by atoms with van der Waals surface area (Å²) >= 11 is 3.65. The number of carbonyl (C=O) groups is 1. The second-order valence-corrected chi connectivity index (χ2v) is 9.26. The maximum Gasteiger partial charge on any atom is 0.268 e. The third-order valence-corrected chi connectivity index (χ3v) is 7.25. The fourth-order valence-corrected chi connectivity index (χ4v) is 5.66. The quantitative estimate of drug-likeness (QED) is 0.857. The van der Waals surface area contributed by atoms with Crippen LogP contribution >= 0.6 is 23.1 Å². The van der Waals surface area contributed by atoms with Crippen LogP contribution in [0, 0.1) is 6.92 Å². The molecule has 2 fully saturated rings. The standard InChI is InChI=1S/C18H23N3OS2/c1-12-11-23-18(19-12)24-15-8-4-13(5-9-15)20-17(22)16-3-2-10-21(16)14-6-7-14/h2-3,10-11,13-15H,4-9H2,1H3,(H,20,22). The van der Waals surface area contributed by atoms with Crippen molar-refractivity contribution in [2.45, 2.75) is 67.1 Å². The van der Waals surface area contributed by atoms with Crippen molar-refractivity contribution in [1.29, 1.82) is 0 Å². The van der Waals surface area contributed by atoms with Crippen molar-refractivity contribution in [3.05, 3.63) is 35.1 Å². The molecule has 0 spiro atoms. The highest BCUT2D eigenvalue weighted by Gasteiger charge is 2.28. The summed E-state index contributed by atoms with van der Waals surface area (Å²) < 4.78 is 3.32. The van der Waals surface area contributed by atoms with Crippen LogP contribution < -0.4 is 5.32 Å². The number of hydrogen-bond donors (Lipinski definition) is 1. The molecule has 0 aliphatic heterocycles. The highest BCUT2D eigenvalue weighted by molar-refractivity contribution is 8.01. The number of aromatic nitrogens is 2. The Morgan fingerprint density at radius 3 is 2.75 bits per heavy atom. The van der Waals surface area contributed by atoms with Crippen molar-refractivity contribution < 1.29 is 4.79 Å². The number of rotatable bonds is 5. The Morgan fingerprint density at radius 2 is 2.08 bits per heavy atom. The van der Waals surface area contributed by atoms with Gasteiger partial charge in [0.05, 0.1) is 0 Å². The zero-order valence-corrected chi connectivity index (χ0v) is 15.5. The number of thiazole rings is 1. The lowest BCUT2D eigenvalue weighted by Gasteiger charge is -2.28. The number of hydrogen-bond acceptors (Lipinski definition) is 4. The monoisotopic (exact) mass is 361 g/mol. The lowest BCUT2D eigenvalue weighted by atomic mass is 9.95. The molecular weight excluding hydrogens is 338 g/mol. The molecular formula is C18H23N3OS2. The molecule has 24 heavy (non-hydrogen) atoms. The van der Waals surface area contributed by atoms with Crippen molar-refractivity contribution in [1.82, 2.24) is 14.9 Å². The molecule has 2 aliphatic carbocycles. The first kappa shape index (κ1) is 16.2. The van der Waals surface area contributed by atoms with E-state index in [-0.39, 0.29) is 5.91 Å². The van der Waals surface area contributed by atoms with Crippen LogP contribution in [0.2, 0.25) is 0 Å². The van der Waals surface area contributed by atoms with E-state index in [9.17, 15) is 4.79 Å². The molecule has 2 saturated carbocycles. The topological polar surface area (TPSA) is 46.9 Å². The molecule has 0 bridgehead atoms. The summed E-state index contributed by atoms with van der Waals surface area (Å²) in [6.45, 7) is 2.05. The van der Waals surface area contributed by atoms with E-state index in [1.807, 2.05) is 37.0 Å². The molecule has 1 N–H and O–H groups in total. The molecule has 0 atom stereocenters. The van der Waals surface area contributed by atoms with Crippen LogP contribution in [0.3, 0.4) is 0 Å². The van der Waals surface area contributed by atoms with E-state index >= 15 is 0 Å². The third kappa shape index (κ3) is 3.70. The van der Waals surface area contributed by atoms with E-state index in [0.29, 0.717) is 17.3 Å². The highest BCUT2D eigenvalue weighted by Crippen LogP contribution is 2.37. The molecule has 1 amide bonds. The van der Waals surface area contributed by atoms with Gasteiger partial charge in [0.1, 0.15) is 10.0 Å². The first-order valence-corrected chi connectivity index (χ1v) is 10.5. The van der Waals surface area contributed by atoms with Gasteiger partial charge in [-0.3, -0.25) is 4.79 Å². The normalized spacial score (nSPS) is 24.0. The van der Waals surface area contributed by atoms with Crippen LogP contribution in [0.25, 0.3) is 0 Å². The maximum absolute atomic E-state index is 12.6. The maximum atomic E-state index is 12.6. The lowest BCUT2D eigenvalue weighted by molar-refractivity contribution is 0.0918. The van der Waals surface area contributed by atoms with Gasteiger partial charge < -0.3 is 9.88 Å². The lowest BCUT2D eigenvalue weighted by Crippen LogP contribution is -2.38. The summed E-state index contributed by atoms with van der Waals surface area (Å²) in [6, 6.07) is 4.79. The van der Waals surface area contributed by atoms with E-state index in [4.69, 9.17) is 0 Å². The summed E-state index contributed by atoms with van der Waals surface area (Å²) in [5.41, 5.74) is 1.94. The first-order valence-electron chi connectivity index (χ1n) is 8.75. The first-order chi connectivity index (χ1) is 11.7. The molecule has 6 heteroatoms. The van der Waals surface area contributed by atoms with Gasteiger partial charge >= 0.3 is 0 Å². The summed E-state index contributed by atoms with van der Waals surface area (Å²) in [5, 5.41) is 6.00. The largest absolute Gasteiger partial charge is 0.348 e. The van der Waals surface area contributed by atoms with E-state index < -0.39 is 0 Å². The van der Waals surface area contributed by atoms with Crippen molar-refractivity contribution in [3.8, 4) is 0 Å². The van der Waals surface area contributed by atoms with Gasteiger partial charge in [0.2, 0.25) is 0 Å². The molecule has 4 nitrogen and oxygen atoms in total. The SMILES string of the molecule is Cc1csc(SC2CCC(NC(=O)c3cccn3C3CC3)CC2)n1. The number of carbonyl (C=O) groups excluding carboxylic acids is 1. The van der Waals surface area contributed by atoms with Gasteiger partial charge in [-0.05, 0) is 57.6 Å². The molecule has 2 aromatic rings. The van der Waals surface area contributed by atoms with Gasteiger partial charge in [-0.15, -0.1) is 11.3 Å². The summed E-state index contributed by atoms with van der Waals surface area (Å²) in [7, 11) is 0. The van der Waals surface area contributed by atoms with E-state index in [2.05, 4.69) is 20.2 Å². The second-order valence-electron chi connectivity index (χ2n) is 6.85. The summed E-state index contributed by atoms with van der Waals surface area (Å²) in [4.78, 5) is 17.1. The van der Waals surface area contributed by atoms with Crippen LogP contribution in [0.15, 0.2) is 28.0 Å². The fraction of sp³-hybridized carbons (Fsp3) is 0.556. The molecule has 4 rings (SSSR count). The third-order valence-electron chi connectivity index (χ3n) is 4.83.